The molecule has 11 nitrogen and oxygen atoms in total. The number of methoxy groups -OCH3 is 1. The lowest BCUT2D eigenvalue weighted by Crippen LogP contribution is -2.29. The number of aromatic nitrogens is 3. The number of rotatable bonds is 10. The fourth-order valence-electron chi connectivity index (χ4n) is 3.74. The largest absolute Gasteiger partial charge is 0.494 e. The second kappa shape index (κ2) is 11.0. The summed E-state index contributed by atoms with van der Waals surface area (Å²) in [5.74, 6) is 0.184. The molecule has 0 atom stereocenters. The van der Waals surface area contributed by atoms with Crippen LogP contribution >= 0.6 is 0 Å². The SMILES string of the molecule is C=CC(=O)Nc1cc(Nc2nccc(-n3c(=O)oc4ccccc43)n2)c(OC)cc1N(C)CCN(C)C. The molecule has 0 aliphatic carbocycles. The quantitative estimate of drug-likeness (QED) is 0.315. The van der Waals surface area contributed by atoms with Crippen LogP contribution in [0.3, 0.4) is 0 Å². The number of fused-ring (bicyclic) bond motifs is 1. The molecule has 0 radical (unpaired) electrons. The number of benzene rings is 2. The van der Waals surface area contributed by atoms with Gasteiger partial charge in [0, 0.05) is 38.5 Å². The van der Waals surface area contributed by atoms with E-state index in [2.05, 4.69) is 32.1 Å². The first-order valence-corrected chi connectivity index (χ1v) is 11.5. The Bertz CT molecular complexity index is 1490. The summed E-state index contributed by atoms with van der Waals surface area (Å²) >= 11 is 0. The predicted octanol–water partition coefficient (Wildman–Crippen LogP) is 3.25. The maximum Gasteiger partial charge on any atom is 0.425 e. The third kappa shape index (κ3) is 5.62. The highest BCUT2D eigenvalue weighted by molar-refractivity contribution is 6.02. The topological polar surface area (TPSA) is 118 Å². The summed E-state index contributed by atoms with van der Waals surface area (Å²) in [7, 11) is 7.49. The van der Waals surface area contributed by atoms with Gasteiger partial charge in [0.1, 0.15) is 11.6 Å². The standard InChI is InChI=1S/C26H29N7O4/c1-6-24(34)28-17-15-18(22(36-5)16-20(17)32(4)14-13-31(2)3)29-25-27-12-11-23(30-25)33-19-9-7-8-10-21(19)37-26(33)35/h6-12,15-16H,1,13-14H2,2-5H3,(H,28,34)(H,27,29,30). The van der Waals surface area contributed by atoms with Gasteiger partial charge in [-0.1, -0.05) is 18.7 Å². The van der Waals surface area contributed by atoms with Crippen LogP contribution in [0.25, 0.3) is 16.9 Å². The van der Waals surface area contributed by atoms with Gasteiger partial charge in [0.05, 0.1) is 29.7 Å². The molecule has 11 heteroatoms. The Morgan fingerprint density at radius 3 is 2.68 bits per heavy atom. The Hall–Kier alpha value is -4.64. The molecule has 2 N–H and O–H groups in total. The van der Waals surface area contributed by atoms with Crippen molar-refractivity contribution >= 4 is 40.0 Å². The minimum atomic E-state index is -0.553. The van der Waals surface area contributed by atoms with Gasteiger partial charge in [-0.2, -0.15) is 4.98 Å². The lowest BCUT2D eigenvalue weighted by atomic mass is 10.2. The Balaban J connectivity index is 1.72. The molecule has 4 rings (SSSR count). The van der Waals surface area contributed by atoms with E-state index in [-0.39, 0.29) is 11.9 Å². The highest BCUT2D eigenvalue weighted by Gasteiger charge is 2.17. The van der Waals surface area contributed by atoms with Crippen LogP contribution in [-0.2, 0) is 4.79 Å². The monoisotopic (exact) mass is 503 g/mol. The van der Waals surface area contributed by atoms with Gasteiger partial charge in [-0.25, -0.2) is 14.3 Å². The van der Waals surface area contributed by atoms with Crippen LogP contribution in [-0.4, -0.2) is 66.7 Å². The van der Waals surface area contributed by atoms with E-state index in [0.29, 0.717) is 34.0 Å². The van der Waals surface area contributed by atoms with E-state index in [4.69, 9.17) is 9.15 Å². The minimum absolute atomic E-state index is 0.225. The second-order valence-corrected chi connectivity index (χ2v) is 8.52. The fraction of sp³-hybridized carbons (Fsp3) is 0.231. The number of oxazole rings is 1. The van der Waals surface area contributed by atoms with Crippen molar-refractivity contribution in [1.29, 1.82) is 0 Å². The zero-order chi connectivity index (χ0) is 26.5. The number of nitrogens with zero attached hydrogens (tertiary/aromatic N) is 5. The molecule has 0 saturated heterocycles. The van der Waals surface area contributed by atoms with Crippen LogP contribution in [0.2, 0.25) is 0 Å². The molecular weight excluding hydrogens is 474 g/mol. The van der Waals surface area contributed by atoms with Crippen molar-refractivity contribution in [3.8, 4) is 11.6 Å². The molecule has 2 aromatic heterocycles. The molecule has 192 valence electrons. The number of carbonyl (C=O) groups is 1. The average Bonchev–Trinajstić information content (AvgIpc) is 3.23. The summed E-state index contributed by atoms with van der Waals surface area (Å²) in [5, 5.41) is 6.01. The van der Waals surface area contributed by atoms with E-state index in [0.717, 1.165) is 18.8 Å². The summed E-state index contributed by atoms with van der Waals surface area (Å²) < 4.78 is 12.3. The maximum absolute atomic E-state index is 12.5. The van der Waals surface area contributed by atoms with Crippen LogP contribution in [0.4, 0.5) is 23.0 Å². The minimum Gasteiger partial charge on any atom is -0.494 e. The molecule has 0 aliphatic rings. The number of para-hydroxylation sites is 2. The molecule has 4 aromatic rings. The number of amides is 1. The molecule has 1 amide bonds. The van der Waals surface area contributed by atoms with Crippen LogP contribution in [0, 0.1) is 0 Å². The molecule has 0 spiro atoms. The Morgan fingerprint density at radius 1 is 1.16 bits per heavy atom. The van der Waals surface area contributed by atoms with Crippen LogP contribution in [0.1, 0.15) is 0 Å². The summed E-state index contributed by atoms with van der Waals surface area (Å²) in [5.41, 5.74) is 2.90. The molecule has 0 aliphatic heterocycles. The Morgan fingerprint density at radius 2 is 1.95 bits per heavy atom. The van der Waals surface area contributed by atoms with Gasteiger partial charge < -0.3 is 29.6 Å². The van der Waals surface area contributed by atoms with Gasteiger partial charge in [0.25, 0.3) is 0 Å². The first kappa shape index (κ1) is 25.5. The number of carbonyl (C=O) groups excluding carboxylic acids is 1. The van der Waals surface area contributed by atoms with E-state index >= 15 is 0 Å². The zero-order valence-corrected chi connectivity index (χ0v) is 21.2. The highest BCUT2D eigenvalue weighted by Crippen LogP contribution is 2.38. The summed E-state index contributed by atoms with van der Waals surface area (Å²) in [4.78, 5) is 37.6. The van der Waals surface area contributed by atoms with Gasteiger partial charge >= 0.3 is 5.76 Å². The first-order chi connectivity index (χ1) is 17.8. The third-order valence-electron chi connectivity index (χ3n) is 5.66. The molecule has 0 saturated carbocycles. The molecular formula is C26H29N7O4. The normalized spacial score (nSPS) is 10.9. The van der Waals surface area contributed by atoms with Crippen molar-refractivity contribution in [1.82, 2.24) is 19.4 Å². The van der Waals surface area contributed by atoms with Gasteiger partial charge in [0.2, 0.25) is 11.9 Å². The van der Waals surface area contributed by atoms with Crippen molar-refractivity contribution in [3.63, 3.8) is 0 Å². The number of ether oxygens (including phenoxy) is 1. The smallest absolute Gasteiger partial charge is 0.425 e. The van der Waals surface area contributed by atoms with Crippen LogP contribution in [0.5, 0.6) is 5.75 Å². The Kier molecular flexibility index (Phi) is 7.54. The molecule has 2 heterocycles. The van der Waals surface area contributed by atoms with Crippen LogP contribution < -0.4 is 26.0 Å². The molecule has 0 fully saturated rings. The van der Waals surface area contributed by atoms with Gasteiger partial charge in [-0.15, -0.1) is 0 Å². The van der Waals surface area contributed by atoms with Crippen molar-refractivity contribution in [2.24, 2.45) is 0 Å². The van der Waals surface area contributed by atoms with E-state index in [1.54, 1.807) is 37.4 Å². The predicted molar refractivity (Wildman–Crippen MR) is 144 cm³/mol. The lowest BCUT2D eigenvalue weighted by molar-refractivity contribution is -0.111. The van der Waals surface area contributed by atoms with E-state index in [9.17, 15) is 9.59 Å². The number of hydrogen-bond donors (Lipinski definition) is 2. The zero-order valence-electron chi connectivity index (χ0n) is 21.2. The summed E-state index contributed by atoms with van der Waals surface area (Å²) in [6.45, 7) is 5.09. The number of nitrogens with one attached hydrogen (secondary N) is 2. The van der Waals surface area contributed by atoms with Crippen molar-refractivity contribution in [2.75, 3.05) is 56.9 Å². The third-order valence-corrected chi connectivity index (χ3v) is 5.66. The highest BCUT2D eigenvalue weighted by atomic mass is 16.5. The molecule has 2 aromatic carbocycles. The van der Waals surface area contributed by atoms with Gasteiger partial charge in [-0.3, -0.25) is 4.79 Å². The number of likely N-dealkylation sites (N-methyl/N-ethyl adjacent to an activating group) is 2. The molecule has 0 bridgehead atoms. The first-order valence-electron chi connectivity index (χ1n) is 11.5. The maximum atomic E-state index is 12.5. The van der Waals surface area contributed by atoms with Crippen molar-refractivity contribution in [2.45, 2.75) is 0 Å². The average molecular weight is 504 g/mol. The number of hydrogen-bond acceptors (Lipinski definition) is 9. The molecule has 37 heavy (non-hydrogen) atoms. The summed E-state index contributed by atoms with van der Waals surface area (Å²) in [6, 6.07) is 12.3. The fourth-order valence-corrected chi connectivity index (χ4v) is 3.74. The number of anilines is 4. The van der Waals surface area contributed by atoms with Crippen molar-refractivity contribution in [3.05, 3.63) is 71.9 Å². The van der Waals surface area contributed by atoms with E-state index < -0.39 is 5.76 Å². The van der Waals surface area contributed by atoms with Gasteiger partial charge in [0.15, 0.2) is 5.58 Å². The van der Waals surface area contributed by atoms with Gasteiger partial charge in [-0.05, 0) is 38.4 Å². The lowest BCUT2D eigenvalue weighted by Gasteiger charge is -2.26. The van der Waals surface area contributed by atoms with Crippen molar-refractivity contribution < 1.29 is 13.9 Å². The Labute approximate surface area is 214 Å². The van der Waals surface area contributed by atoms with E-state index in [1.165, 1.54) is 16.8 Å². The summed E-state index contributed by atoms with van der Waals surface area (Å²) in [6.07, 6.45) is 2.75. The van der Waals surface area contributed by atoms with E-state index in [1.807, 2.05) is 38.2 Å². The molecule has 0 unspecified atom stereocenters. The second-order valence-electron chi connectivity index (χ2n) is 8.52. The van der Waals surface area contributed by atoms with Crippen LogP contribution in [0.15, 0.2) is 70.5 Å².